The van der Waals surface area contributed by atoms with Crippen molar-refractivity contribution < 1.29 is 15.0 Å². The summed E-state index contributed by atoms with van der Waals surface area (Å²) in [7, 11) is 0. The molecular weight excluding hydrogens is 170 g/mol. The second-order valence-corrected chi connectivity index (χ2v) is 4.08. The fourth-order valence-electron chi connectivity index (χ4n) is 1.45. The summed E-state index contributed by atoms with van der Waals surface area (Å²) in [6.45, 7) is 5.43. The lowest BCUT2D eigenvalue weighted by atomic mass is 9.95. The number of aliphatic hydroxyl groups is 1. The number of carboxylic acid groups (broad SMARTS) is 1. The minimum absolute atomic E-state index is 0.229. The van der Waals surface area contributed by atoms with E-state index in [0.29, 0.717) is 26.1 Å². The van der Waals surface area contributed by atoms with Gasteiger partial charge in [-0.3, -0.25) is 9.69 Å². The van der Waals surface area contributed by atoms with Crippen LogP contribution in [0.4, 0.5) is 0 Å². The first-order valence-corrected chi connectivity index (χ1v) is 4.62. The molecule has 0 spiro atoms. The summed E-state index contributed by atoms with van der Waals surface area (Å²) in [6, 6.07) is 0. The molecule has 1 saturated heterocycles. The monoisotopic (exact) mass is 187 g/mol. The van der Waals surface area contributed by atoms with Crippen LogP contribution in [0.25, 0.3) is 0 Å². The molecule has 1 aliphatic rings. The quantitative estimate of drug-likeness (QED) is 0.658. The molecule has 13 heavy (non-hydrogen) atoms. The summed E-state index contributed by atoms with van der Waals surface area (Å²) in [5.74, 6) is -0.958. The highest BCUT2D eigenvalue weighted by Crippen LogP contribution is 2.20. The van der Waals surface area contributed by atoms with Crippen molar-refractivity contribution in [3.05, 3.63) is 0 Å². The van der Waals surface area contributed by atoms with E-state index in [4.69, 9.17) is 5.11 Å². The van der Waals surface area contributed by atoms with Crippen LogP contribution in [0.1, 0.15) is 20.3 Å². The first-order valence-electron chi connectivity index (χ1n) is 4.62. The van der Waals surface area contributed by atoms with Crippen molar-refractivity contribution in [3.63, 3.8) is 0 Å². The predicted octanol–water partition coefficient (Wildman–Crippen LogP) is 0.164. The summed E-state index contributed by atoms with van der Waals surface area (Å²) in [4.78, 5) is 12.4. The standard InChI is InChI=1S/C9H17NO3/c1-3-9(2,13)6-10-4-7(5-10)8(11)12/h7,13H,3-6H2,1-2H3,(H,11,12). The van der Waals surface area contributed by atoms with Crippen molar-refractivity contribution in [1.29, 1.82) is 0 Å². The van der Waals surface area contributed by atoms with Crippen molar-refractivity contribution in [2.45, 2.75) is 25.9 Å². The maximum absolute atomic E-state index is 10.5. The van der Waals surface area contributed by atoms with Gasteiger partial charge in [-0.25, -0.2) is 0 Å². The molecule has 1 heterocycles. The van der Waals surface area contributed by atoms with Crippen molar-refractivity contribution in [2.75, 3.05) is 19.6 Å². The van der Waals surface area contributed by atoms with Gasteiger partial charge in [0, 0.05) is 19.6 Å². The van der Waals surface area contributed by atoms with Crippen LogP contribution in [0.3, 0.4) is 0 Å². The molecule has 0 amide bonds. The molecule has 0 aromatic heterocycles. The Bertz CT molecular complexity index is 197. The highest BCUT2D eigenvalue weighted by molar-refractivity contribution is 5.71. The molecular formula is C9H17NO3. The van der Waals surface area contributed by atoms with Crippen LogP contribution < -0.4 is 0 Å². The number of hydrogen-bond donors (Lipinski definition) is 2. The largest absolute Gasteiger partial charge is 0.481 e. The molecule has 76 valence electrons. The van der Waals surface area contributed by atoms with Gasteiger partial charge in [0.2, 0.25) is 0 Å². The van der Waals surface area contributed by atoms with Gasteiger partial charge in [-0.15, -0.1) is 0 Å². The fourth-order valence-corrected chi connectivity index (χ4v) is 1.45. The maximum atomic E-state index is 10.5. The smallest absolute Gasteiger partial charge is 0.309 e. The topological polar surface area (TPSA) is 60.8 Å². The Hall–Kier alpha value is -0.610. The van der Waals surface area contributed by atoms with Gasteiger partial charge < -0.3 is 10.2 Å². The van der Waals surface area contributed by atoms with Crippen LogP contribution >= 0.6 is 0 Å². The third-order valence-corrected chi connectivity index (χ3v) is 2.63. The van der Waals surface area contributed by atoms with Crippen LogP contribution in [0, 0.1) is 5.92 Å². The minimum Gasteiger partial charge on any atom is -0.481 e. The Morgan fingerprint density at radius 1 is 1.62 bits per heavy atom. The van der Waals surface area contributed by atoms with E-state index in [1.807, 2.05) is 11.8 Å². The number of carboxylic acids is 1. The van der Waals surface area contributed by atoms with Gasteiger partial charge in [0.15, 0.2) is 0 Å². The zero-order valence-electron chi connectivity index (χ0n) is 8.16. The first-order chi connectivity index (χ1) is 5.94. The summed E-state index contributed by atoms with van der Waals surface area (Å²) in [5, 5.41) is 18.3. The molecule has 0 aromatic rings. The molecule has 1 fully saturated rings. The van der Waals surface area contributed by atoms with Gasteiger partial charge in [-0.05, 0) is 13.3 Å². The van der Waals surface area contributed by atoms with E-state index in [9.17, 15) is 9.90 Å². The number of rotatable bonds is 4. The third kappa shape index (κ3) is 2.67. The molecule has 1 unspecified atom stereocenters. The van der Waals surface area contributed by atoms with Gasteiger partial charge in [-0.1, -0.05) is 6.92 Å². The molecule has 4 heteroatoms. The number of β-amino-alcohol motifs (C(OH)–C–C–N with tert-alkyl or cyclic N) is 1. The van der Waals surface area contributed by atoms with Crippen LogP contribution in [-0.2, 0) is 4.79 Å². The number of carbonyl (C=O) groups is 1. The van der Waals surface area contributed by atoms with E-state index >= 15 is 0 Å². The lowest BCUT2D eigenvalue weighted by Crippen LogP contribution is -2.55. The lowest BCUT2D eigenvalue weighted by molar-refractivity contribution is -0.149. The van der Waals surface area contributed by atoms with Crippen LogP contribution in [0.5, 0.6) is 0 Å². The van der Waals surface area contributed by atoms with Crippen molar-refractivity contribution in [1.82, 2.24) is 4.90 Å². The molecule has 0 saturated carbocycles. The molecule has 0 aromatic carbocycles. The number of aliphatic carboxylic acids is 1. The van der Waals surface area contributed by atoms with Gasteiger partial charge in [0.1, 0.15) is 0 Å². The summed E-state index contributed by atoms with van der Waals surface area (Å²) >= 11 is 0. The van der Waals surface area contributed by atoms with E-state index in [2.05, 4.69) is 0 Å². The molecule has 0 radical (unpaired) electrons. The van der Waals surface area contributed by atoms with E-state index in [0.717, 1.165) is 0 Å². The highest BCUT2D eigenvalue weighted by atomic mass is 16.4. The minimum atomic E-state index is -0.729. The normalized spacial score (nSPS) is 23.6. The molecule has 1 atom stereocenters. The van der Waals surface area contributed by atoms with E-state index < -0.39 is 11.6 Å². The fraction of sp³-hybridized carbons (Fsp3) is 0.889. The molecule has 0 bridgehead atoms. The molecule has 1 rings (SSSR count). The summed E-state index contributed by atoms with van der Waals surface area (Å²) in [6.07, 6.45) is 0.696. The molecule has 0 aliphatic carbocycles. The highest BCUT2D eigenvalue weighted by Gasteiger charge is 2.35. The first kappa shape index (κ1) is 10.5. The third-order valence-electron chi connectivity index (χ3n) is 2.63. The molecule has 1 aliphatic heterocycles. The number of hydrogen-bond acceptors (Lipinski definition) is 3. The van der Waals surface area contributed by atoms with Crippen LogP contribution in [0.15, 0.2) is 0 Å². The Morgan fingerprint density at radius 2 is 2.15 bits per heavy atom. The van der Waals surface area contributed by atoms with E-state index in [1.165, 1.54) is 0 Å². The van der Waals surface area contributed by atoms with Gasteiger partial charge in [-0.2, -0.15) is 0 Å². The second kappa shape index (κ2) is 3.64. The molecule has 4 nitrogen and oxygen atoms in total. The maximum Gasteiger partial charge on any atom is 0.309 e. The van der Waals surface area contributed by atoms with Gasteiger partial charge >= 0.3 is 5.97 Å². The predicted molar refractivity (Wildman–Crippen MR) is 48.5 cm³/mol. The van der Waals surface area contributed by atoms with Gasteiger partial charge in [0.25, 0.3) is 0 Å². The van der Waals surface area contributed by atoms with Crippen LogP contribution in [0.2, 0.25) is 0 Å². The Kier molecular flexibility index (Phi) is 2.93. The van der Waals surface area contributed by atoms with E-state index in [-0.39, 0.29) is 5.92 Å². The second-order valence-electron chi connectivity index (χ2n) is 4.08. The van der Waals surface area contributed by atoms with Crippen molar-refractivity contribution >= 4 is 5.97 Å². The average Bonchev–Trinajstić information content (AvgIpc) is 1.95. The zero-order chi connectivity index (χ0) is 10.1. The van der Waals surface area contributed by atoms with Gasteiger partial charge in [0.05, 0.1) is 11.5 Å². The Morgan fingerprint density at radius 3 is 2.54 bits per heavy atom. The Labute approximate surface area is 78.2 Å². The Balaban J connectivity index is 2.25. The van der Waals surface area contributed by atoms with Crippen molar-refractivity contribution in [2.24, 2.45) is 5.92 Å². The van der Waals surface area contributed by atoms with E-state index in [1.54, 1.807) is 6.92 Å². The number of nitrogens with zero attached hydrogens (tertiary/aromatic N) is 1. The van der Waals surface area contributed by atoms with Crippen LogP contribution in [-0.4, -0.2) is 46.3 Å². The lowest BCUT2D eigenvalue weighted by Gasteiger charge is -2.40. The zero-order valence-corrected chi connectivity index (χ0v) is 8.16. The number of likely N-dealkylation sites (tertiary alicyclic amines) is 1. The summed E-state index contributed by atoms with van der Waals surface area (Å²) < 4.78 is 0. The SMILES string of the molecule is CCC(C)(O)CN1CC(C(=O)O)C1. The summed E-state index contributed by atoms with van der Waals surface area (Å²) in [5.41, 5.74) is -0.677. The molecule has 2 N–H and O–H groups in total. The van der Waals surface area contributed by atoms with Crippen molar-refractivity contribution in [3.8, 4) is 0 Å². The average molecular weight is 187 g/mol.